The first-order valence-corrected chi connectivity index (χ1v) is 9.12. The fourth-order valence-electron chi connectivity index (χ4n) is 1.10. The van der Waals surface area contributed by atoms with Crippen LogP contribution in [0, 0.1) is 11.5 Å². The lowest BCUT2D eigenvalue weighted by molar-refractivity contribution is -0.142. The highest BCUT2D eigenvalue weighted by atomic mass is 28.3. The van der Waals surface area contributed by atoms with E-state index in [9.17, 15) is 9.90 Å². The van der Waals surface area contributed by atoms with Crippen molar-refractivity contribution in [2.45, 2.75) is 33.2 Å². The molecule has 1 rings (SSSR count). The van der Waals surface area contributed by atoms with Gasteiger partial charge in [0.05, 0.1) is 17.5 Å². The van der Waals surface area contributed by atoms with E-state index in [1.807, 2.05) is 0 Å². The molecular formula is C13H17NO3Si. The summed E-state index contributed by atoms with van der Waals surface area (Å²) in [5.74, 6) is 2.65. The summed E-state index contributed by atoms with van der Waals surface area (Å²) in [6.45, 7) is 7.80. The maximum absolute atomic E-state index is 10.7. The molecule has 0 aliphatic rings. The summed E-state index contributed by atoms with van der Waals surface area (Å²) in [5.41, 5.74) is 4.26. The fourth-order valence-corrected chi connectivity index (χ4v) is 1.61. The van der Waals surface area contributed by atoms with Crippen molar-refractivity contribution in [1.29, 1.82) is 0 Å². The van der Waals surface area contributed by atoms with Crippen molar-refractivity contribution in [2.75, 3.05) is 0 Å². The SMILES string of the molecule is CC(=O)OCc1cc(C#C[Si](C)(C)C)c(O)cn1. The molecule has 0 bridgehead atoms. The summed E-state index contributed by atoms with van der Waals surface area (Å²) in [4.78, 5) is 14.7. The van der Waals surface area contributed by atoms with Gasteiger partial charge >= 0.3 is 5.97 Å². The minimum absolute atomic E-state index is 0.0484. The van der Waals surface area contributed by atoms with Crippen LogP contribution in [0.15, 0.2) is 12.3 Å². The molecule has 0 radical (unpaired) electrons. The summed E-state index contributed by atoms with van der Waals surface area (Å²) in [7, 11) is -1.49. The van der Waals surface area contributed by atoms with Crippen molar-refractivity contribution in [1.82, 2.24) is 4.98 Å². The second-order valence-electron chi connectivity index (χ2n) is 4.97. The average Bonchev–Trinajstić information content (AvgIpc) is 2.25. The molecule has 0 atom stereocenters. The molecule has 1 aromatic rings. The molecule has 0 saturated carbocycles. The quantitative estimate of drug-likeness (QED) is 0.504. The lowest BCUT2D eigenvalue weighted by Gasteiger charge is -2.05. The van der Waals surface area contributed by atoms with E-state index in [1.54, 1.807) is 6.07 Å². The number of carbonyl (C=O) groups excluding carboxylic acids is 1. The zero-order valence-electron chi connectivity index (χ0n) is 11.1. The minimum atomic E-state index is -1.49. The number of pyridine rings is 1. The molecular weight excluding hydrogens is 246 g/mol. The van der Waals surface area contributed by atoms with E-state index in [-0.39, 0.29) is 18.3 Å². The van der Waals surface area contributed by atoms with Gasteiger partial charge in [-0.05, 0) is 6.07 Å². The van der Waals surface area contributed by atoms with Gasteiger partial charge in [-0.2, -0.15) is 0 Å². The number of aromatic nitrogens is 1. The lowest BCUT2D eigenvalue weighted by atomic mass is 10.2. The van der Waals surface area contributed by atoms with Gasteiger partial charge in [-0.3, -0.25) is 9.78 Å². The van der Waals surface area contributed by atoms with E-state index in [1.165, 1.54) is 13.1 Å². The number of hydrogen-bond acceptors (Lipinski definition) is 4. The van der Waals surface area contributed by atoms with E-state index in [0.717, 1.165) is 0 Å². The second-order valence-corrected chi connectivity index (χ2v) is 9.72. The second kappa shape index (κ2) is 5.69. The van der Waals surface area contributed by atoms with Crippen LogP contribution in [0.3, 0.4) is 0 Å². The Morgan fingerprint density at radius 3 is 2.72 bits per heavy atom. The van der Waals surface area contributed by atoms with Crippen molar-refractivity contribution in [3.63, 3.8) is 0 Å². The zero-order chi connectivity index (χ0) is 13.8. The van der Waals surface area contributed by atoms with Crippen LogP contribution in [0.4, 0.5) is 0 Å². The van der Waals surface area contributed by atoms with Gasteiger partial charge in [-0.15, -0.1) is 5.54 Å². The van der Waals surface area contributed by atoms with Crippen LogP contribution in [-0.2, 0) is 16.1 Å². The molecule has 0 unspecified atom stereocenters. The summed E-state index contributed by atoms with van der Waals surface area (Å²) in [6.07, 6.45) is 1.33. The van der Waals surface area contributed by atoms with Crippen LogP contribution < -0.4 is 0 Å². The first-order valence-electron chi connectivity index (χ1n) is 5.62. The van der Waals surface area contributed by atoms with Crippen molar-refractivity contribution < 1.29 is 14.6 Å². The number of nitrogens with zero attached hydrogens (tertiary/aromatic N) is 1. The Labute approximate surface area is 108 Å². The Kier molecular flexibility index (Phi) is 4.51. The predicted octanol–water partition coefficient (Wildman–Crippen LogP) is 2.08. The molecule has 0 aromatic carbocycles. The molecule has 0 spiro atoms. The van der Waals surface area contributed by atoms with Crippen LogP contribution in [0.5, 0.6) is 5.75 Å². The fraction of sp³-hybridized carbons (Fsp3) is 0.385. The Bertz CT molecular complexity index is 509. The highest BCUT2D eigenvalue weighted by molar-refractivity contribution is 6.83. The van der Waals surface area contributed by atoms with Crippen molar-refractivity contribution in [3.8, 4) is 17.2 Å². The van der Waals surface area contributed by atoms with Gasteiger partial charge in [0.15, 0.2) is 0 Å². The van der Waals surface area contributed by atoms with Gasteiger partial charge in [0.25, 0.3) is 0 Å². The van der Waals surface area contributed by atoms with Crippen LogP contribution in [0.1, 0.15) is 18.2 Å². The Morgan fingerprint density at radius 1 is 1.50 bits per heavy atom. The molecule has 4 nitrogen and oxygen atoms in total. The molecule has 0 fully saturated rings. The molecule has 96 valence electrons. The number of carbonyl (C=O) groups is 1. The molecule has 1 heterocycles. The summed E-state index contributed by atoms with van der Waals surface area (Å²) < 4.78 is 4.85. The first-order chi connectivity index (χ1) is 8.28. The van der Waals surface area contributed by atoms with E-state index < -0.39 is 8.07 Å². The third-order valence-electron chi connectivity index (χ3n) is 1.94. The van der Waals surface area contributed by atoms with Gasteiger partial charge in [0.2, 0.25) is 0 Å². The molecule has 18 heavy (non-hydrogen) atoms. The van der Waals surface area contributed by atoms with E-state index in [2.05, 4.69) is 36.1 Å². The Balaban J connectivity index is 2.93. The zero-order valence-corrected chi connectivity index (χ0v) is 12.1. The maximum Gasteiger partial charge on any atom is 0.303 e. The van der Waals surface area contributed by atoms with Crippen LogP contribution >= 0.6 is 0 Å². The summed E-state index contributed by atoms with van der Waals surface area (Å²) in [5, 5.41) is 9.65. The molecule has 0 saturated heterocycles. The number of hydrogen-bond donors (Lipinski definition) is 1. The Hall–Kier alpha value is -1.80. The molecule has 5 heteroatoms. The van der Waals surface area contributed by atoms with Crippen LogP contribution in [0.2, 0.25) is 19.6 Å². The van der Waals surface area contributed by atoms with E-state index in [4.69, 9.17) is 4.74 Å². The predicted molar refractivity (Wildman–Crippen MR) is 71.6 cm³/mol. The highest BCUT2D eigenvalue weighted by Crippen LogP contribution is 2.16. The molecule has 0 aliphatic heterocycles. The summed E-state index contributed by atoms with van der Waals surface area (Å²) in [6, 6.07) is 1.64. The largest absolute Gasteiger partial charge is 0.505 e. The highest BCUT2D eigenvalue weighted by Gasteiger charge is 2.09. The van der Waals surface area contributed by atoms with Gasteiger partial charge in [0.1, 0.15) is 20.4 Å². The monoisotopic (exact) mass is 263 g/mol. The van der Waals surface area contributed by atoms with Crippen molar-refractivity contribution in [2.24, 2.45) is 0 Å². The molecule has 0 amide bonds. The van der Waals surface area contributed by atoms with Gasteiger partial charge < -0.3 is 9.84 Å². The molecule has 1 N–H and O–H groups in total. The lowest BCUT2D eigenvalue weighted by Crippen LogP contribution is -2.16. The average molecular weight is 263 g/mol. The number of ether oxygens (including phenoxy) is 1. The molecule has 1 aromatic heterocycles. The Morgan fingerprint density at radius 2 is 2.17 bits per heavy atom. The topological polar surface area (TPSA) is 59.4 Å². The first kappa shape index (κ1) is 14.3. The number of rotatable bonds is 2. The smallest absolute Gasteiger partial charge is 0.303 e. The van der Waals surface area contributed by atoms with Gasteiger partial charge in [0, 0.05) is 6.92 Å². The van der Waals surface area contributed by atoms with Crippen molar-refractivity contribution >= 4 is 14.0 Å². The summed E-state index contributed by atoms with van der Waals surface area (Å²) >= 11 is 0. The standard InChI is InChI=1S/C13H17NO3Si/c1-10(15)17-9-12-7-11(13(16)8-14-12)5-6-18(2,3)4/h7-8,16H,9H2,1-4H3. The van der Waals surface area contributed by atoms with E-state index in [0.29, 0.717) is 11.3 Å². The third-order valence-corrected chi connectivity index (χ3v) is 2.81. The third kappa shape index (κ3) is 5.02. The number of esters is 1. The van der Waals surface area contributed by atoms with E-state index >= 15 is 0 Å². The van der Waals surface area contributed by atoms with Gasteiger partial charge in [-0.25, -0.2) is 0 Å². The normalized spacial score (nSPS) is 10.4. The number of aromatic hydroxyl groups is 1. The molecule has 0 aliphatic carbocycles. The van der Waals surface area contributed by atoms with Crippen molar-refractivity contribution in [3.05, 3.63) is 23.5 Å². The van der Waals surface area contributed by atoms with Crippen LogP contribution in [0.25, 0.3) is 0 Å². The minimum Gasteiger partial charge on any atom is -0.505 e. The van der Waals surface area contributed by atoms with Gasteiger partial charge in [-0.1, -0.05) is 25.6 Å². The van der Waals surface area contributed by atoms with Crippen LogP contribution in [-0.4, -0.2) is 24.1 Å². The maximum atomic E-state index is 10.7.